The highest BCUT2D eigenvalue weighted by atomic mass is 35.5. The normalized spacial score (nSPS) is 10.9. The van der Waals surface area contributed by atoms with Gasteiger partial charge in [-0.1, -0.05) is 24.9 Å². The minimum absolute atomic E-state index is 0.0105. The Bertz CT molecular complexity index is 617. The predicted octanol–water partition coefficient (Wildman–Crippen LogP) is 1.16. The highest BCUT2D eigenvalue weighted by molar-refractivity contribution is 6.32. The van der Waals surface area contributed by atoms with Crippen molar-refractivity contribution in [3.05, 3.63) is 17.0 Å². The van der Waals surface area contributed by atoms with E-state index in [9.17, 15) is 4.79 Å². The second-order valence-electron chi connectivity index (χ2n) is 4.57. The van der Waals surface area contributed by atoms with Crippen LogP contribution in [-0.4, -0.2) is 30.5 Å². The van der Waals surface area contributed by atoms with E-state index in [1.54, 1.807) is 22.6 Å². The molecule has 0 spiro atoms. The molecule has 0 aliphatic rings. The van der Waals surface area contributed by atoms with Gasteiger partial charge in [0, 0.05) is 19.8 Å². The van der Waals surface area contributed by atoms with Crippen LogP contribution in [0, 0.1) is 0 Å². The number of nitrogens with two attached hydrogens (primary N) is 1. The van der Waals surface area contributed by atoms with E-state index in [4.69, 9.17) is 17.3 Å². The zero-order chi connectivity index (χ0) is 14.7. The van der Waals surface area contributed by atoms with Crippen LogP contribution < -0.4 is 5.73 Å². The molecule has 20 heavy (non-hydrogen) atoms. The molecular formula is C12H17ClN6O. The lowest BCUT2D eigenvalue weighted by Gasteiger charge is -2.02. The SMILES string of the molecule is CCCCn1nc(CC(N)=O)nc1-c1nn(C)cc1Cl. The maximum Gasteiger partial charge on any atom is 0.225 e. The van der Waals surface area contributed by atoms with Crippen LogP contribution in [0.5, 0.6) is 0 Å². The van der Waals surface area contributed by atoms with Crippen LogP contribution in [0.2, 0.25) is 5.02 Å². The lowest BCUT2D eigenvalue weighted by molar-refractivity contribution is -0.117. The first-order chi connectivity index (χ1) is 9.51. The molecule has 0 aliphatic carbocycles. The average Bonchev–Trinajstić information content (AvgIpc) is 2.89. The number of amides is 1. The number of hydrogen-bond donors (Lipinski definition) is 1. The van der Waals surface area contributed by atoms with Crippen LogP contribution in [0.1, 0.15) is 25.6 Å². The molecular weight excluding hydrogens is 280 g/mol. The topological polar surface area (TPSA) is 91.6 Å². The summed E-state index contributed by atoms with van der Waals surface area (Å²) in [4.78, 5) is 15.3. The zero-order valence-corrected chi connectivity index (χ0v) is 12.3. The third-order valence-electron chi connectivity index (χ3n) is 2.77. The van der Waals surface area contributed by atoms with Crippen molar-refractivity contribution >= 4 is 17.5 Å². The third kappa shape index (κ3) is 3.16. The third-order valence-corrected chi connectivity index (χ3v) is 3.04. The summed E-state index contributed by atoms with van der Waals surface area (Å²) in [5.41, 5.74) is 5.75. The van der Waals surface area contributed by atoms with E-state index >= 15 is 0 Å². The first-order valence-electron chi connectivity index (χ1n) is 6.42. The summed E-state index contributed by atoms with van der Waals surface area (Å²) in [5, 5.41) is 9.10. The Morgan fingerprint density at radius 1 is 1.45 bits per heavy atom. The van der Waals surface area contributed by atoms with Crippen molar-refractivity contribution in [2.24, 2.45) is 12.8 Å². The maximum absolute atomic E-state index is 11.0. The van der Waals surface area contributed by atoms with Crippen molar-refractivity contribution in [3.8, 4) is 11.5 Å². The standard InChI is InChI=1S/C12H17ClN6O/c1-3-4-5-19-12(11-8(13)7-18(2)17-11)15-10(16-19)6-9(14)20/h7H,3-6H2,1-2H3,(H2,14,20). The Morgan fingerprint density at radius 2 is 2.20 bits per heavy atom. The van der Waals surface area contributed by atoms with E-state index < -0.39 is 5.91 Å². The number of carbonyl (C=O) groups excluding carboxylic acids is 1. The minimum atomic E-state index is -0.462. The largest absolute Gasteiger partial charge is 0.369 e. The second kappa shape index (κ2) is 6.04. The van der Waals surface area contributed by atoms with Crippen LogP contribution in [0.3, 0.4) is 0 Å². The Labute approximate surface area is 121 Å². The average molecular weight is 297 g/mol. The molecule has 1 amide bonds. The van der Waals surface area contributed by atoms with Gasteiger partial charge in [-0.15, -0.1) is 0 Å². The molecule has 108 valence electrons. The summed E-state index contributed by atoms with van der Waals surface area (Å²) >= 11 is 6.14. The van der Waals surface area contributed by atoms with Crippen LogP contribution in [0.4, 0.5) is 0 Å². The van der Waals surface area contributed by atoms with Gasteiger partial charge in [-0.05, 0) is 6.42 Å². The molecule has 7 nitrogen and oxygen atoms in total. The summed E-state index contributed by atoms with van der Waals surface area (Å²) in [6, 6.07) is 0. The molecule has 8 heteroatoms. The second-order valence-corrected chi connectivity index (χ2v) is 4.98. The van der Waals surface area contributed by atoms with Gasteiger partial charge in [-0.2, -0.15) is 10.2 Å². The summed E-state index contributed by atoms with van der Waals surface area (Å²) in [6.07, 6.45) is 3.69. The summed E-state index contributed by atoms with van der Waals surface area (Å²) in [7, 11) is 1.78. The summed E-state index contributed by atoms with van der Waals surface area (Å²) in [6.45, 7) is 2.79. The molecule has 0 radical (unpaired) electrons. The predicted molar refractivity (Wildman–Crippen MR) is 75.0 cm³/mol. The van der Waals surface area contributed by atoms with E-state index in [-0.39, 0.29) is 6.42 Å². The van der Waals surface area contributed by atoms with Crippen LogP contribution in [0.25, 0.3) is 11.5 Å². The van der Waals surface area contributed by atoms with Crippen molar-refractivity contribution in [3.63, 3.8) is 0 Å². The number of halogens is 1. The van der Waals surface area contributed by atoms with Gasteiger partial charge in [0.2, 0.25) is 5.91 Å². The number of carbonyl (C=O) groups is 1. The van der Waals surface area contributed by atoms with E-state index in [2.05, 4.69) is 22.1 Å². The molecule has 0 fully saturated rings. The van der Waals surface area contributed by atoms with E-state index in [0.29, 0.717) is 28.9 Å². The van der Waals surface area contributed by atoms with E-state index in [1.807, 2.05) is 0 Å². The van der Waals surface area contributed by atoms with Crippen LogP contribution in [0.15, 0.2) is 6.20 Å². The highest BCUT2D eigenvalue weighted by Gasteiger charge is 2.18. The molecule has 2 heterocycles. The Morgan fingerprint density at radius 3 is 2.75 bits per heavy atom. The number of aromatic nitrogens is 5. The van der Waals surface area contributed by atoms with E-state index in [0.717, 1.165) is 12.8 Å². The van der Waals surface area contributed by atoms with Gasteiger partial charge in [0.15, 0.2) is 11.6 Å². The molecule has 0 aliphatic heterocycles. The van der Waals surface area contributed by atoms with Crippen molar-refractivity contribution in [1.29, 1.82) is 0 Å². The molecule has 0 atom stereocenters. The van der Waals surface area contributed by atoms with Gasteiger partial charge in [0.05, 0.1) is 11.4 Å². The molecule has 0 saturated heterocycles. The van der Waals surface area contributed by atoms with Gasteiger partial charge in [0.25, 0.3) is 0 Å². The van der Waals surface area contributed by atoms with Gasteiger partial charge >= 0.3 is 0 Å². The van der Waals surface area contributed by atoms with Crippen molar-refractivity contribution in [1.82, 2.24) is 24.5 Å². The molecule has 0 saturated carbocycles. The van der Waals surface area contributed by atoms with Gasteiger partial charge in [-0.3, -0.25) is 9.48 Å². The Kier molecular flexibility index (Phi) is 4.39. The van der Waals surface area contributed by atoms with Gasteiger partial charge in [0.1, 0.15) is 5.69 Å². The first kappa shape index (κ1) is 14.5. The number of rotatable bonds is 6. The molecule has 2 aromatic rings. The fourth-order valence-corrected chi connectivity index (χ4v) is 2.13. The number of primary amides is 1. The lowest BCUT2D eigenvalue weighted by atomic mass is 10.3. The lowest BCUT2D eigenvalue weighted by Crippen LogP contribution is -2.14. The highest BCUT2D eigenvalue weighted by Crippen LogP contribution is 2.24. The van der Waals surface area contributed by atoms with Crippen molar-refractivity contribution < 1.29 is 4.79 Å². The summed E-state index contributed by atoms with van der Waals surface area (Å²) in [5.74, 6) is 0.502. The monoisotopic (exact) mass is 296 g/mol. The number of unbranched alkanes of at least 4 members (excludes halogenated alkanes) is 1. The molecule has 2 N–H and O–H groups in total. The smallest absolute Gasteiger partial charge is 0.225 e. The fraction of sp³-hybridized carbons (Fsp3) is 0.500. The van der Waals surface area contributed by atoms with Gasteiger partial charge < -0.3 is 5.73 Å². The Balaban J connectivity index is 2.40. The van der Waals surface area contributed by atoms with Crippen molar-refractivity contribution in [2.45, 2.75) is 32.7 Å². The molecule has 2 rings (SSSR count). The van der Waals surface area contributed by atoms with Crippen molar-refractivity contribution in [2.75, 3.05) is 0 Å². The molecule has 2 aromatic heterocycles. The number of aryl methyl sites for hydroxylation is 2. The first-order valence-corrected chi connectivity index (χ1v) is 6.80. The number of hydrogen-bond acceptors (Lipinski definition) is 4. The fourth-order valence-electron chi connectivity index (χ4n) is 1.87. The van der Waals surface area contributed by atoms with Gasteiger partial charge in [-0.25, -0.2) is 9.67 Å². The quantitative estimate of drug-likeness (QED) is 0.866. The van der Waals surface area contributed by atoms with Crippen LogP contribution in [-0.2, 0) is 24.8 Å². The van der Waals surface area contributed by atoms with E-state index in [1.165, 1.54) is 0 Å². The zero-order valence-electron chi connectivity index (χ0n) is 11.5. The summed E-state index contributed by atoms with van der Waals surface area (Å²) < 4.78 is 3.35. The number of nitrogens with zero attached hydrogens (tertiary/aromatic N) is 5. The molecule has 0 unspecified atom stereocenters. The molecule has 0 aromatic carbocycles. The van der Waals surface area contributed by atoms with Crippen LogP contribution >= 0.6 is 11.6 Å². The minimum Gasteiger partial charge on any atom is -0.369 e. The molecule has 0 bridgehead atoms. The maximum atomic E-state index is 11.0. The Hall–Kier alpha value is -1.89.